The topological polar surface area (TPSA) is 102 Å². The molecule has 7 nitrogen and oxygen atoms in total. The van der Waals surface area contributed by atoms with Crippen molar-refractivity contribution in [2.24, 2.45) is 0 Å². The molecule has 2 N–H and O–H groups in total. The fourth-order valence-corrected chi connectivity index (χ4v) is 1.91. The minimum Gasteiger partial charge on any atom is -0.479 e. The highest BCUT2D eigenvalue weighted by atomic mass is 16.6. The van der Waals surface area contributed by atoms with Crippen LogP contribution >= 0.6 is 0 Å². The largest absolute Gasteiger partial charge is 0.479 e. The number of hydrogen-bond acceptors (Lipinski definition) is 5. The number of nitro groups is 1. The van der Waals surface area contributed by atoms with E-state index in [1.165, 1.54) is 12.1 Å². The van der Waals surface area contributed by atoms with Crippen LogP contribution in [0.3, 0.4) is 0 Å². The minimum atomic E-state index is -1.05. The standard InChI is InChI=1S/C11H12N2O5/c14-11(15)10-9(12-5-6-18-10)7-1-3-8(4-2-7)13(16)17/h1-4,9-10,12H,5-6H2,(H,14,15). The fraction of sp³-hybridized carbons (Fsp3) is 0.364. The van der Waals surface area contributed by atoms with Crippen LogP contribution in [0.4, 0.5) is 5.69 Å². The lowest BCUT2D eigenvalue weighted by Crippen LogP contribution is -2.45. The van der Waals surface area contributed by atoms with Crippen LogP contribution in [0.1, 0.15) is 11.6 Å². The molecule has 1 heterocycles. The summed E-state index contributed by atoms with van der Waals surface area (Å²) >= 11 is 0. The molecule has 1 aliphatic heterocycles. The molecule has 1 aromatic carbocycles. The van der Waals surface area contributed by atoms with E-state index in [1.807, 2.05) is 0 Å². The van der Waals surface area contributed by atoms with Crippen molar-refractivity contribution in [1.82, 2.24) is 5.32 Å². The maximum atomic E-state index is 11.0. The monoisotopic (exact) mass is 252 g/mol. The third kappa shape index (κ3) is 2.47. The van der Waals surface area contributed by atoms with Gasteiger partial charge in [-0.05, 0) is 5.56 Å². The van der Waals surface area contributed by atoms with Crippen molar-refractivity contribution >= 4 is 11.7 Å². The van der Waals surface area contributed by atoms with E-state index < -0.39 is 23.0 Å². The van der Waals surface area contributed by atoms with Crippen molar-refractivity contribution < 1.29 is 19.6 Å². The summed E-state index contributed by atoms with van der Waals surface area (Å²) in [6, 6.07) is 5.30. The number of benzene rings is 1. The molecule has 0 radical (unpaired) electrons. The van der Waals surface area contributed by atoms with Gasteiger partial charge in [-0.2, -0.15) is 0 Å². The van der Waals surface area contributed by atoms with E-state index >= 15 is 0 Å². The van der Waals surface area contributed by atoms with Gasteiger partial charge in [-0.25, -0.2) is 4.79 Å². The number of nitrogens with zero attached hydrogens (tertiary/aromatic N) is 1. The SMILES string of the molecule is O=C(O)C1OCCNC1c1ccc([N+](=O)[O-])cc1. The number of nitrogens with one attached hydrogen (secondary N) is 1. The van der Waals surface area contributed by atoms with Gasteiger partial charge in [0.2, 0.25) is 0 Å². The maximum Gasteiger partial charge on any atom is 0.334 e. The van der Waals surface area contributed by atoms with E-state index in [0.717, 1.165) is 0 Å². The van der Waals surface area contributed by atoms with Gasteiger partial charge in [-0.3, -0.25) is 10.1 Å². The Morgan fingerprint density at radius 1 is 1.44 bits per heavy atom. The van der Waals surface area contributed by atoms with Crippen molar-refractivity contribution in [2.75, 3.05) is 13.2 Å². The lowest BCUT2D eigenvalue weighted by atomic mass is 10.00. The van der Waals surface area contributed by atoms with Gasteiger partial charge in [0.25, 0.3) is 5.69 Å². The van der Waals surface area contributed by atoms with E-state index in [-0.39, 0.29) is 5.69 Å². The van der Waals surface area contributed by atoms with E-state index in [2.05, 4.69) is 5.32 Å². The Morgan fingerprint density at radius 2 is 2.11 bits per heavy atom. The summed E-state index contributed by atoms with van der Waals surface area (Å²) in [6.45, 7) is 0.881. The molecule has 1 fully saturated rings. The summed E-state index contributed by atoms with van der Waals surface area (Å²) in [5, 5.41) is 22.6. The first-order valence-electron chi connectivity index (χ1n) is 5.42. The number of carbonyl (C=O) groups is 1. The van der Waals surface area contributed by atoms with Gasteiger partial charge in [0.1, 0.15) is 0 Å². The number of morpholine rings is 1. The van der Waals surface area contributed by atoms with E-state index in [1.54, 1.807) is 12.1 Å². The van der Waals surface area contributed by atoms with E-state index in [4.69, 9.17) is 9.84 Å². The molecule has 0 saturated carbocycles. The number of aliphatic carboxylic acids is 1. The second kappa shape index (κ2) is 5.11. The molecule has 7 heteroatoms. The zero-order valence-electron chi connectivity index (χ0n) is 9.41. The van der Waals surface area contributed by atoms with Crippen LogP contribution in [-0.4, -0.2) is 35.3 Å². The smallest absolute Gasteiger partial charge is 0.334 e. The highest BCUT2D eigenvalue weighted by Gasteiger charge is 2.32. The van der Waals surface area contributed by atoms with Crippen LogP contribution in [0.5, 0.6) is 0 Å². The Bertz CT molecular complexity index is 459. The Balaban J connectivity index is 2.23. The number of carboxylic acids is 1. The molecule has 0 amide bonds. The normalized spacial score (nSPS) is 23.6. The van der Waals surface area contributed by atoms with Crippen LogP contribution in [-0.2, 0) is 9.53 Å². The first-order chi connectivity index (χ1) is 8.59. The molecule has 18 heavy (non-hydrogen) atoms. The molecule has 96 valence electrons. The van der Waals surface area contributed by atoms with Gasteiger partial charge in [0.15, 0.2) is 6.10 Å². The van der Waals surface area contributed by atoms with E-state index in [9.17, 15) is 14.9 Å². The molecule has 0 spiro atoms. The number of ether oxygens (including phenoxy) is 1. The average Bonchev–Trinajstić information content (AvgIpc) is 2.39. The van der Waals surface area contributed by atoms with E-state index in [0.29, 0.717) is 18.7 Å². The molecule has 0 aliphatic carbocycles. The first-order valence-corrected chi connectivity index (χ1v) is 5.42. The van der Waals surface area contributed by atoms with Crippen molar-refractivity contribution in [3.63, 3.8) is 0 Å². The molecule has 2 rings (SSSR count). The fourth-order valence-electron chi connectivity index (χ4n) is 1.91. The average molecular weight is 252 g/mol. The van der Waals surface area contributed by atoms with Crippen molar-refractivity contribution in [2.45, 2.75) is 12.1 Å². The zero-order valence-corrected chi connectivity index (χ0v) is 9.41. The van der Waals surface area contributed by atoms with Gasteiger partial charge in [0.05, 0.1) is 17.6 Å². The predicted molar refractivity (Wildman–Crippen MR) is 61.2 cm³/mol. The number of hydrogen-bond donors (Lipinski definition) is 2. The molecular weight excluding hydrogens is 240 g/mol. The summed E-state index contributed by atoms with van der Waals surface area (Å²) in [5.41, 5.74) is 0.634. The first kappa shape index (κ1) is 12.5. The molecule has 0 bridgehead atoms. The van der Waals surface area contributed by atoms with Crippen LogP contribution in [0, 0.1) is 10.1 Å². The van der Waals surface area contributed by atoms with Gasteiger partial charge in [0, 0.05) is 18.7 Å². The van der Waals surface area contributed by atoms with Crippen molar-refractivity contribution in [3.8, 4) is 0 Å². The highest BCUT2D eigenvalue weighted by Crippen LogP contribution is 2.24. The number of carboxylic acid groups (broad SMARTS) is 1. The Hall–Kier alpha value is -1.99. The lowest BCUT2D eigenvalue weighted by Gasteiger charge is -2.30. The summed E-state index contributed by atoms with van der Waals surface area (Å²) in [5.74, 6) is -1.05. The van der Waals surface area contributed by atoms with Gasteiger partial charge < -0.3 is 15.2 Å². The Kier molecular flexibility index (Phi) is 3.54. The molecule has 2 atom stereocenters. The molecule has 2 unspecified atom stereocenters. The summed E-state index contributed by atoms with van der Waals surface area (Å²) in [6.07, 6.45) is -0.972. The van der Waals surface area contributed by atoms with Gasteiger partial charge >= 0.3 is 5.97 Å². The van der Waals surface area contributed by atoms with Crippen LogP contribution in [0.15, 0.2) is 24.3 Å². The second-order valence-corrected chi connectivity index (χ2v) is 3.91. The summed E-state index contributed by atoms with van der Waals surface area (Å²) in [7, 11) is 0. The third-order valence-electron chi connectivity index (χ3n) is 2.77. The molecule has 0 aromatic heterocycles. The van der Waals surface area contributed by atoms with Gasteiger partial charge in [-0.1, -0.05) is 12.1 Å². The Labute approximate surface area is 103 Å². The van der Waals surface area contributed by atoms with Crippen molar-refractivity contribution in [1.29, 1.82) is 0 Å². The molecule has 1 saturated heterocycles. The summed E-state index contributed by atoms with van der Waals surface area (Å²) in [4.78, 5) is 21.1. The third-order valence-corrected chi connectivity index (χ3v) is 2.77. The van der Waals surface area contributed by atoms with Crippen LogP contribution in [0.2, 0.25) is 0 Å². The van der Waals surface area contributed by atoms with Crippen molar-refractivity contribution in [3.05, 3.63) is 39.9 Å². The minimum absolute atomic E-state index is 0.0256. The summed E-state index contributed by atoms with van der Waals surface area (Å²) < 4.78 is 5.19. The molecular formula is C11H12N2O5. The second-order valence-electron chi connectivity index (χ2n) is 3.91. The van der Waals surface area contributed by atoms with Crippen LogP contribution in [0.25, 0.3) is 0 Å². The quantitative estimate of drug-likeness (QED) is 0.606. The maximum absolute atomic E-state index is 11.0. The molecule has 1 aromatic rings. The highest BCUT2D eigenvalue weighted by molar-refractivity contribution is 5.74. The Morgan fingerprint density at radius 3 is 2.67 bits per heavy atom. The number of non-ortho nitro benzene ring substituents is 1. The zero-order chi connectivity index (χ0) is 13.1. The number of rotatable bonds is 3. The van der Waals surface area contributed by atoms with Gasteiger partial charge in [-0.15, -0.1) is 0 Å². The van der Waals surface area contributed by atoms with Crippen LogP contribution < -0.4 is 5.32 Å². The number of nitro benzene ring substituents is 1. The lowest BCUT2D eigenvalue weighted by molar-refractivity contribution is -0.384. The predicted octanol–water partition coefficient (Wildman–Crippen LogP) is 0.709. The molecule has 1 aliphatic rings.